The number of nitrogens with zero attached hydrogens (tertiary/aromatic N) is 1. The SMILES string of the molecule is O=C(Cc1ccc(S(=O)(=O)N2CCCC2)s1)NCC1CNCC1O. The van der Waals surface area contributed by atoms with Crippen molar-refractivity contribution in [2.45, 2.75) is 29.6 Å². The highest BCUT2D eigenvalue weighted by Gasteiger charge is 2.29. The van der Waals surface area contributed by atoms with Crippen molar-refractivity contribution in [3.05, 3.63) is 17.0 Å². The zero-order valence-corrected chi connectivity index (χ0v) is 15.0. The number of aliphatic hydroxyl groups is 1. The molecule has 2 aliphatic heterocycles. The molecule has 0 aromatic carbocycles. The van der Waals surface area contributed by atoms with Gasteiger partial charge in [-0.25, -0.2) is 8.42 Å². The van der Waals surface area contributed by atoms with Crippen LogP contribution in [0.1, 0.15) is 17.7 Å². The van der Waals surface area contributed by atoms with Gasteiger partial charge in [0.15, 0.2) is 0 Å². The molecule has 2 aliphatic rings. The Morgan fingerprint density at radius 2 is 2.08 bits per heavy atom. The van der Waals surface area contributed by atoms with E-state index in [1.54, 1.807) is 12.1 Å². The molecule has 0 saturated carbocycles. The van der Waals surface area contributed by atoms with Gasteiger partial charge in [-0.1, -0.05) is 0 Å². The maximum atomic E-state index is 12.5. The van der Waals surface area contributed by atoms with Crippen molar-refractivity contribution < 1.29 is 18.3 Å². The van der Waals surface area contributed by atoms with Gasteiger partial charge >= 0.3 is 0 Å². The molecule has 24 heavy (non-hydrogen) atoms. The Bertz CT molecular complexity index is 683. The predicted molar refractivity (Wildman–Crippen MR) is 91.4 cm³/mol. The highest BCUT2D eigenvalue weighted by molar-refractivity contribution is 7.91. The Morgan fingerprint density at radius 1 is 1.33 bits per heavy atom. The van der Waals surface area contributed by atoms with E-state index in [1.165, 1.54) is 4.31 Å². The van der Waals surface area contributed by atoms with E-state index >= 15 is 0 Å². The lowest BCUT2D eigenvalue weighted by atomic mass is 10.1. The Hall–Kier alpha value is -1.00. The summed E-state index contributed by atoms with van der Waals surface area (Å²) < 4.78 is 26.8. The molecular formula is C15H23N3O4S2. The van der Waals surface area contributed by atoms with E-state index in [2.05, 4.69) is 10.6 Å². The van der Waals surface area contributed by atoms with Gasteiger partial charge in [-0.2, -0.15) is 4.31 Å². The molecule has 7 nitrogen and oxygen atoms in total. The highest BCUT2D eigenvalue weighted by atomic mass is 32.2. The number of carbonyl (C=O) groups is 1. The molecule has 2 saturated heterocycles. The molecule has 0 spiro atoms. The first-order chi connectivity index (χ1) is 11.5. The van der Waals surface area contributed by atoms with Crippen molar-refractivity contribution in [1.82, 2.24) is 14.9 Å². The van der Waals surface area contributed by atoms with Crippen molar-refractivity contribution in [2.75, 3.05) is 32.7 Å². The van der Waals surface area contributed by atoms with Crippen LogP contribution in [0.3, 0.4) is 0 Å². The summed E-state index contributed by atoms with van der Waals surface area (Å²) >= 11 is 1.16. The molecule has 134 valence electrons. The predicted octanol–water partition coefficient (Wildman–Crippen LogP) is -0.228. The summed E-state index contributed by atoms with van der Waals surface area (Å²) in [5.41, 5.74) is 0. The van der Waals surface area contributed by atoms with Gasteiger partial charge in [0, 0.05) is 43.5 Å². The number of carbonyl (C=O) groups excluding carboxylic acids is 1. The smallest absolute Gasteiger partial charge is 0.252 e. The molecule has 0 bridgehead atoms. The summed E-state index contributed by atoms with van der Waals surface area (Å²) in [5, 5.41) is 15.6. The highest BCUT2D eigenvalue weighted by Crippen LogP contribution is 2.27. The molecule has 3 N–H and O–H groups in total. The Labute approximate surface area is 146 Å². The lowest BCUT2D eigenvalue weighted by Crippen LogP contribution is -2.35. The third-order valence-electron chi connectivity index (χ3n) is 4.50. The minimum absolute atomic E-state index is 0.0309. The number of amides is 1. The molecule has 3 heterocycles. The average Bonchev–Trinajstić information content (AvgIpc) is 3.27. The molecule has 1 amide bonds. The Morgan fingerprint density at radius 3 is 2.75 bits per heavy atom. The van der Waals surface area contributed by atoms with Gasteiger partial charge in [-0.15, -0.1) is 11.3 Å². The van der Waals surface area contributed by atoms with Crippen LogP contribution in [0.4, 0.5) is 0 Å². The standard InChI is InChI=1S/C15H23N3O4S2/c19-13-10-16-8-11(13)9-17-14(20)7-12-3-4-15(23-12)24(21,22)18-5-1-2-6-18/h3-4,11,13,16,19H,1-2,5-10H2,(H,17,20). The number of rotatable bonds is 6. The van der Waals surface area contributed by atoms with Crippen LogP contribution in [-0.2, 0) is 21.2 Å². The van der Waals surface area contributed by atoms with Crippen molar-refractivity contribution in [3.8, 4) is 0 Å². The van der Waals surface area contributed by atoms with E-state index < -0.39 is 16.1 Å². The quantitative estimate of drug-likeness (QED) is 0.640. The summed E-state index contributed by atoms with van der Waals surface area (Å²) in [7, 11) is -3.41. The van der Waals surface area contributed by atoms with Crippen LogP contribution in [0.15, 0.2) is 16.3 Å². The molecule has 1 aromatic heterocycles. The van der Waals surface area contributed by atoms with Crippen molar-refractivity contribution in [3.63, 3.8) is 0 Å². The molecule has 2 fully saturated rings. The summed E-state index contributed by atoms with van der Waals surface area (Å²) in [6.45, 7) is 2.83. The third kappa shape index (κ3) is 3.97. The van der Waals surface area contributed by atoms with E-state index in [1.807, 2.05) is 0 Å². The minimum atomic E-state index is -3.41. The van der Waals surface area contributed by atoms with Gasteiger partial charge in [-0.3, -0.25) is 4.79 Å². The number of nitrogens with one attached hydrogen (secondary N) is 2. The van der Waals surface area contributed by atoms with Crippen LogP contribution in [0, 0.1) is 5.92 Å². The van der Waals surface area contributed by atoms with E-state index in [9.17, 15) is 18.3 Å². The summed E-state index contributed by atoms with van der Waals surface area (Å²) in [6, 6.07) is 3.30. The van der Waals surface area contributed by atoms with Crippen molar-refractivity contribution in [2.24, 2.45) is 5.92 Å². The van der Waals surface area contributed by atoms with Crippen LogP contribution < -0.4 is 10.6 Å². The topological polar surface area (TPSA) is 98.7 Å². The molecule has 2 atom stereocenters. The lowest BCUT2D eigenvalue weighted by Gasteiger charge is -2.14. The van der Waals surface area contributed by atoms with Gasteiger partial charge < -0.3 is 15.7 Å². The molecule has 0 radical (unpaired) electrons. The number of sulfonamides is 1. The minimum Gasteiger partial charge on any atom is -0.391 e. The first-order valence-electron chi connectivity index (χ1n) is 8.21. The van der Waals surface area contributed by atoms with Gasteiger partial charge in [0.2, 0.25) is 5.91 Å². The van der Waals surface area contributed by atoms with Crippen molar-refractivity contribution >= 4 is 27.3 Å². The van der Waals surface area contributed by atoms with Crippen LogP contribution >= 0.6 is 11.3 Å². The first-order valence-corrected chi connectivity index (χ1v) is 10.5. The Kier molecular flexibility index (Phi) is 5.56. The molecule has 3 rings (SSSR count). The molecule has 9 heteroatoms. The third-order valence-corrected chi connectivity index (χ3v) is 7.95. The van der Waals surface area contributed by atoms with Gasteiger partial charge in [0.05, 0.1) is 12.5 Å². The summed E-state index contributed by atoms with van der Waals surface area (Å²) in [6.07, 6.45) is 1.55. The number of hydrogen-bond acceptors (Lipinski definition) is 6. The van der Waals surface area contributed by atoms with Gasteiger partial charge in [-0.05, 0) is 25.0 Å². The average molecular weight is 374 g/mol. The summed E-state index contributed by atoms with van der Waals surface area (Å²) in [4.78, 5) is 12.8. The maximum absolute atomic E-state index is 12.5. The molecule has 1 aromatic rings. The number of thiophene rings is 1. The second kappa shape index (κ2) is 7.49. The van der Waals surface area contributed by atoms with Gasteiger partial charge in [0.1, 0.15) is 4.21 Å². The second-order valence-electron chi connectivity index (χ2n) is 6.30. The zero-order chi connectivity index (χ0) is 17.2. The summed E-state index contributed by atoms with van der Waals surface area (Å²) in [5.74, 6) is -0.121. The number of hydrogen-bond donors (Lipinski definition) is 3. The van der Waals surface area contributed by atoms with Gasteiger partial charge in [0.25, 0.3) is 10.0 Å². The van der Waals surface area contributed by atoms with E-state index in [-0.39, 0.29) is 18.2 Å². The first kappa shape index (κ1) is 17.8. The van der Waals surface area contributed by atoms with Crippen molar-refractivity contribution in [1.29, 1.82) is 0 Å². The van der Waals surface area contributed by atoms with Crippen LogP contribution in [-0.4, -0.2) is 62.6 Å². The normalized spacial score (nSPS) is 25.2. The second-order valence-corrected chi connectivity index (χ2v) is 9.63. The molecular weight excluding hydrogens is 350 g/mol. The fourth-order valence-corrected chi connectivity index (χ4v) is 6.07. The monoisotopic (exact) mass is 373 g/mol. The maximum Gasteiger partial charge on any atom is 0.252 e. The van der Waals surface area contributed by atoms with Crippen LogP contribution in [0.2, 0.25) is 0 Å². The largest absolute Gasteiger partial charge is 0.391 e. The van der Waals surface area contributed by atoms with E-state index in [0.717, 1.165) is 29.1 Å². The molecule has 0 aliphatic carbocycles. The van der Waals surface area contributed by atoms with E-state index in [4.69, 9.17) is 0 Å². The van der Waals surface area contributed by atoms with E-state index in [0.29, 0.717) is 36.9 Å². The number of β-amino-alcohol motifs (C(OH)–C–C–N with tert-alkyl or cyclic N) is 1. The number of aliphatic hydroxyl groups excluding tert-OH is 1. The lowest BCUT2D eigenvalue weighted by molar-refractivity contribution is -0.120. The fourth-order valence-electron chi connectivity index (χ4n) is 3.04. The van der Waals surface area contributed by atoms with Crippen LogP contribution in [0.5, 0.6) is 0 Å². The Balaban J connectivity index is 1.54. The molecule has 2 unspecified atom stereocenters. The fraction of sp³-hybridized carbons (Fsp3) is 0.667. The zero-order valence-electron chi connectivity index (χ0n) is 13.4. The van der Waals surface area contributed by atoms with Crippen LogP contribution in [0.25, 0.3) is 0 Å².